The Bertz CT molecular complexity index is 480. The number of carbonyl (C=O) groups excluding carboxylic acids is 2. The Morgan fingerprint density at radius 1 is 1.26 bits per heavy atom. The zero-order chi connectivity index (χ0) is 14.4. The average molecular weight is 272 g/mol. The van der Waals surface area contributed by atoms with E-state index in [4.69, 9.17) is 5.11 Å². The van der Waals surface area contributed by atoms with Gasteiger partial charge in [-0.2, -0.15) is 0 Å². The summed E-state index contributed by atoms with van der Waals surface area (Å²) in [5.41, 5.74) is -0.0192. The van der Waals surface area contributed by atoms with Gasteiger partial charge in [-0.25, -0.2) is 8.78 Å². The van der Waals surface area contributed by atoms with Crippen LogP contribution in [0.4, 0.5) is 14.5 Å². The normalized spacial score (nSPS) is 11.8. The van der Waals surface area contributed by atoms with Crippen molar-refractivity contribution in [3.8, 4) is 0 Å². The number of nitrogens with one attached hydrogen (secondary N) is 2. The van der Waals surface area contributed by atoms with Crippen molar-refractivity contribution >= 4 is 17.5 Å². The van der Waals surface area contributed by atoms with Gasteiger partial charge in [0, 0.05) is 24.9 Å². The maximum atomic E-state index is 12.9. The molecule has 0 radical (unpaired) electrons. The third-order valence-corrected chi connectivity index (χ3v) is 2.31. The lowest BCUT2D eigenvalue weighted by Gasteiger charge is -2.09. The van der Waals surface area contributed by atoms with E-state index >= 15 is 0 Å². The second-order valence-electron chi connectivity index (χ2n) is 4.08. The van der Waals surface area contributed by atoms with Crippen molar-refractivity contribution in [2.24, 2.45) is 5.92 Å². The monoisotopic (exact) mass is 272 g/mol. The van der Waals surface area contributed by atoms with Crippen LogP contribution in [0.3, 0.4) is 0 Å². The summed E-state index contributed by atoms with van der Waals surface area (Å²) in [6.45, 7) is 1.71. The Morgan fingerprint density at radius 2 is 1.95 bits per heavy atom. The van der Waals surface area contributed by atoms with Gasteiger partial charge in [-0.15, -0.1) is 0 Å². The van der Waals surface area contributed by atoms with Crippen LogP contribution in [0.15, 0.2) is 18.2 Å². The van der Waals surface area contributed by atoms with Gasteiger partial charge in [0.2, 0.25) is 0 Å². The van der Waals surface area contributed by atoms with Crippen molar-refractivity contribution in [3.05, 3.63) is 29.8 Å². The van der Waals surface area contributed by atoms with Crippen LogP contribution < -0.4 is 10.6 Å². The van der Waals surface area contributed by atoms with Crippen LogP contribution >= 0.6 is 0 Å². The SMILES string of the molecule is CC(CO)CNC(=O)C(=O)Nc1ccc(F)c(F)c1. The molecule has 104 valence electrons. The number of amides is 2. The number of hydrogen-bond acceptors (Lipinski definition) is 3. The van der Waals surface area contributed by atoms with Crippen LogP contribution in [0.1, 0.15) is 6.92 Å². The third kappa shape index (κ3) is 4.63. The largest absolute Gasteiger partial charge is 0.396 e. The first-order chi connectivity index (χ1) is 8.93. The van der Waals surface area contributed by atoms with Crippen molar-refractivity contribution < 1.29 is 23.5 Å². The first-order valence-electron chi connectivity index (χ1n) is 5.59. The summed E-state index contributed by atoms with van der Waals surface area (Å²) in [6.07, 6.45) is 0. The highest BCUT2D eigenvalue weighted by Crippen LogP contribution is 2.12. The molecule has 0 aliphatic carbocycles. The Balaban J connectivity index is 2.54. The first-order valence-corrected chi connectivity index (χ1v) is 5.59. The summed E-state index contributed by atoms with van der Waals surface area (Å²) < 4.78 is 25.5. The molecule has 3 N–H and O–H groups in total. The van der Waals surface area contributed by atoms with Crippen molar-refractivity contribution in [1.82, 2.24) is 5.32 Å². The number of halogens is 2. The summed E-state index contributed by atoms with van der Waals surface area (Å²) in [4.78, 5) is 22.8. The predicted molar refractivity (Wildman–Crippen MR) is 64.2 cm³/mol. The molecule has 0 heterocycles. The Kier molecular flexibility index (Phi) is 5.37. The van der Waals surface area contributed by atoms with Crippen molar-refractivity contribution in [1.29, 1.82) is 0 Å². The maximum Gasteiger partial charge on any atom is 0.313 e. The van der Waals surface area contributed by atoms with Gasteiger partial charge >= 0.3 is 11.8 Å². The van der Waals surface area contributed by atoms with Crippen LogP contribution in [-0.4, -0.2) is 30.1 Å². The Labute approximate surface area is 108 Å². The second kappa shape index (κ2) is 6.79. The molecule has 0 aromatic heterocycles. The molecule has 0 aliphatic rings. The fourth-order valence-electron chi connectivity index (χ4n) is 1.17. The van der Waals surface area contributed by atoms with Gasteiger partial charge in [-0.3, -0.25) is 9.59 Å². The van der Waals surface area contributed by atoms with Crippen LogP contribution in [0, 0.1) is 17.6 Å². The van der Waals surface area contributed by atoms with Gasteiger partial charge in [0.25, 0.3) is 0 Å². The van der Waals surface area contributed by atoms with E-state index < -0.39 is 23.4 Å². The average Bonchev–Trinajstić information content (AvgIpc) is 2.39. The van der Waals surface area contributed by atoms with Crippen LogP contribution in [0.2, 0.25) is 0 Å². The van der Waals surface area contributed by atoms with Gasteiger partial charge in [0.1, 0.15) is 0 Å². The van der Waals surface area contributed by atoms with Crippen LogP contribution in [0.5, 0.6) is 0 Å². The van der Waals surface area contributed by atoms with E-state index in [0.717, 1.165) is 18.2 Å². The van der Waals surface area contributed by atoms with E-state index in [9.17, 15) is 18.4 Å². The lowest BCUT2D eigenvalue weighted by atomic mass is 10.2. The Hall–Kier alpha value is -2.02. The molecule has 1 atom stereocenters. The summed E-state index contributed by atoms with van der Waals surface area (Å²) >= 11 is 0. The molecule has 1 unspecified atom stereocenters. The first kappa shape index (κ1) is 15.0. The van der Waals surface area contributed by atoms with E-state index in [2.05, 4.69) is 10.6 Å². The molecule has 0 saturated carbocycles. The molecule has 0 spiro atoms. The number of aliphatic hydroxyl groups excluding tert-OH is 1. The van der Waals surface area contributed by atoms with E-state index in [1.807, 2.05) is 0 Å². The minimum absolute atomic E-state index is 0.0192. The van der Waals surface area contributed by atoms with Gasteiger partial charge in [-0.05, 0) is 18.1 Å². The number of benzene rings is 1. The molecule has 19 heavy (non-hydrogen) atoms. The third-order valence-electron chi connectivity index (χ3n) is 2.31. The van der Waals surface area contributed by atoms with Gasteiger partial charge < -0.3 is 15.7 Å². The fourth-order valence-corrected chi connectivity index (χ4v) is 1.17. The van der Waals surface area contributed by atoms with Crippen LogP contribution in [0.25, 0.3) is 0 Å². The topological polar surface area (TPSA) is 78.4 Å². The highest BCUT2D eigenvalue weighted by Gasteiger charge is 2.15. The van der Waals surface area contributed by atoms with Crippen molar-refractivity contribution in [2.75, 3.05) is 18.5 Å². The molecule has 0 fully saturated rings. The molecule has 7 heteroatoms. The quantitative estimate of drug-likeness (QED) is 0.704. The molecule has 1 rings (SSSR count). The Morgan fingerprint density at radius 3 is 2.53 bits per heavy atom. The predicted octanol–water partition coefficient (Wildman–Crippen LogP) is 0.648. The molecule has 1 aromatic rings. The molecule has 0 bridgehead atoms. The van der Waals surface area contributed by atoms with Crippen molar-refractivity contribution in [3.63, 3.8) is 0 Å². The second-order valence-corrected chi connectivity index (χ2v) is 4.08. The number of hydrogen-bond donors (Lipinski definition) is 3. The van der Waals surface area contributed by atoms with E-state index in [0.29, 0.717) is 0 Å². The van der Waals surface area contributed by atoms with Gasteiger partial charge in [0.15, 0.2) is 11.6 Å². The molecule has 2 amide bonds. The van der Waals surface area contributed by atoms with Crippen LogP contribution in [-0.2, 0) is 9.59 Å². The molecule has 0 aliphatic heterocycles. The number of anilines is 1. The lowest BCUT2D eigenvalue weighted by molar-refractivity contribution is -0.136. The van der Waals surface area contributed by atoms with E-state index in [1.54, 1.807) is 6.92 Å². The number of aliphatic hydroxyl groups is 1. The highest BCUT2D eigenvalue weighted by atomic mass is 19.2. The summed E-state index contributed by atoms with van der Waals surface area (Å²) in [7, 11) is 0. The lowest BCUT2D eigenvalue weighted by Crippen LogP contribution is -2.38. The number of rotatable bonds is 4. The minimum Gasteiger partial charge on any atom is -0.396 e. The molecule has 0 saturated heterocycles. The maximum absolute atomic E-state index is 12.9. The van der Waals surface area contributed by atoms with E-state index in [-0.39, 0.29) is 24.8 Å². The fraction of sp³-hybridized carbons (Fsp3) is 0.333. The number of carbonyl (C=O) groups is 2. The summed E-state index contributed by atoms with van der Waals surface area (Å²) in [6, 6.07) is 2.76. The standard InChI is InChI=1S/C12H14F2N2O3/c1-7(6-17)5-15-11(18)12(19)16-8-2-3-9(13)10(14)4-8/h2-4,7,17H,5-6H2,1H3,(H,15,18)(H,16,19). The molecular formula is C12H14F2N2O3. The zero-order valence-electron chi connectivity index (χ0n) is 10.2. The summed E-state index contributed by atoms with van der Waals surface area (Å²) in [5.74, 6) is -4.24. The van der Waals surface area contributed by atoms with Gasteiger partial charge in [0.05, 0.1) is 0 Å². The zero-order valence-corrected chi connectivity index (χ0v) is 10.2. The molecule has 1 aromatic carbocycles. The summed E-state index contributed by atoms with van der Waals surface area (Å²) in [5, 5.41) is 13.2. The van der Waals surface area contributed by atoms with Gasteiger partial charge in [-0.1, -0.05) is 6.92 Å². The minimum atomic E-state index is -1.12. The molecular weight excluding hydrogens is 258 g/mol. The van der Waals surface area contributed by atoms with E-state index in [1.165, 1.54) is 0 Å². The van der Waals surface area contributed by atoms with Crippen molar-refractivity contribution in [2.45, 2.75) is 6.92 Å². The highest BCUT2D eigenvalue weighted by molar-refractivity contribution is 6.39. The smallest absolute Gasteiger partial charge is 0.313 e. The molecule has 5 nitrogen and oxygen atoms in total.